The number of hydrogen-bond acceptors (Lipinski definition) is 2. The summed E-state index contributed by atoms with van der Waals surface area (Å²) in [6, 6.07) is 0. The van der Waals surface area contributed by atoms with Crippen molar-refractivity contribution in [3.63, 3.8) is 0 Å². The molecule has 0 aromatic rings. The van der Waals surface area contributed by atoms with Crippen LogP contribution in [0.25, 0.3) is 0 Å². The second-order valence-corrected chi connectivity index (χ2v) is 1.97. The number of ether oxygens (including phenoxy) is 1. The average Bonchev–Trinajstić information content (AvgIpc) is 1.90. The zero-order valence-corrected chi connectivity index (χ0v) is 6.60. The Labute approximate surface area is 60.9 Å². The smallest absolute Gasteiger partial charge is 0.247 e. The molecule has 0 radical (unpaired) electrons. The van der Waals surface area contributed by atoms with Gasteiger partial charge in [0.05, 0.1) is 12.7 Å². The van der Waals surface area contributed by atoms with Crippen molar-refractivity contribution in [2.24, 2.45) is 5.73 Å². The topological polar surface area (TPSA) is 52.3 Å². The molecule has 10 heavy (non-hydrogen) atoms. The molecular formula is C7H13NO2. The van der Waals surface area contributed by atoms with Crippen LogP contribution in [0.2, 0.25) is 0 Å². The molecule has 0 saturated carbocycles. The van der Waals surface area contributed by atoms with Gasteiger partial charge in [0.2, 0.25) is 5.91 Å². The van der Waals surface area contributed by atoms with E-state index in [-0.39, 0.29) is 0 Å². The molecule has 0 unspecified atom stereocenters. The Morgan fingerprint density at radius 2 is 2.10 bits per heavy atom. The standard InChI is InChI=1S/C7H13NO2/c1-4-6(10-3)5(2)7(8)9/h4H2,1-3H3,(H2,8,9)/b6-5+. The minimum Gasteiger partial charge on any atom is -0.501 e. The molecule has 58 valence electrons. The number of primary amides is 1. The van der Waals surface area contributed by atoms with Gasteiger partial charge in [0.25, 0.3) is 0 Å². The Balaban J connectivity index is 4.43. The number of carbonyl (C=O) groups is 1. The van der Waals surface area contributed by atoms with E-state index in [9.17, 15) is 4.79 Å². The highest BCUT2D eigenvalue weighted by Crippen LogP contribution is 2.07. The van der Waals surface area contributed by atoms with Gasteiger partial charge in [0.15, 0.2) is 0 Å². The zero-order valence-electron chi connectivity index (χ0n) is 6.60. The summed E-state index contributed by atoms with van der Waals surface area (Å²) in [6.45, 7) is 3.57. The zero-order chi connectivity index (χ0) is 8.15. The normalized spacial score (nSPS) is 12.3. The van der Waals surface area contributed by atoms with E-state index in [1.165, 1.54) is 7.11 Å². The largest absolute Gasteiger partial charge is 0.501 e. The van der Waals surface area contributed by atoms with Gasteiger partial charge in [-0.1, -0.05) is 6.92 Å². The number of rotatable bonds is 3. The van der Waals surface area contributed by atoms with Crippen molar-refractivity contribution in [3.05, 3.63) is 11.3 Å². The molecule has 0 spiro atoms. The van der Waals surface area contributed by atoms with Crippen LogP contribution in [0.1, 0.15) is 20.3 Å². The quantitative estimate of drug-likeness (QED) is 0.469. The fourth-order valence-electron chi connectivity index (χ4n) is 0.700. The highest BCUT2D eigenvalue weighted by atomic mass is 16.5. The third-order valence-electron chi connectivity index (χ3n) is 1.36. The van der Waals surface area contributed by atoms with E-state index < -0.39 is 5.91 Å². The molecule has 0 saturated heterocycles. The number of amides is 1. The third-order valence-corrected chi connectivity index (χ3v) is 1.36. The minimum absolute atomic E-state index is 0.418. The van der Waals surface area contributed by atoms with Crippen LogP contribution < -0.4 is 5.73 Å². The van der Waals surface area contributed by atoms with Gasteiger partial charge in [0.1, 0.15) is 5.76 Å². The van der Waals surface area contributed by atoms with E-state index in [0.717, 1.165) is 0 Å². The Kier molecular flexibility index (Phi) is 3.54. The molecule has 0 heterocycles. The van der Waals surface area contributed by atoms with Crippen LogP contribution >= 0.6 is 0 Å². The van der Waals surface area contributed by atoms with Gasteiger partial charge >= 0.3 is 0 Å². The maximum atomic E-state index is 10.5. The van der Waals surface area contributed by atoms with Crippen LogP contribution in [0.3, 0.4) is 0 Å². The molecule has 1 amide bonds. The third kappa shape index (κ3) is 2.09. The number of carbonyl (C=O) groups excluding carboxylic acids is 1. The fourth-order valence-corrected chi connectivity index (χ4v) is 0.700. The van der Waals surface area contributed by atoms with Crippen LogP contribution in [0.4, 0.5) is 0 Å². The van der Waals surface area contributed by atoms with Crippen molar-refractivity contribution >= 4 is 5.91 Å². The van der Waals surface area contributed by atoms with E-state index in [0.29, 0.717) is 17.8 Å². The van der Waals surface area contributed by atoms with Crippen molar-refractivity contribution in [2.75, 3.05) is 7.11 Å². The molecule has 0 aliphatic carbocycles. The van der Waals surface area contributed by atoms with Crippen molar-refractivity contribution in [1.82, 2.24) is 0 Å². The summed E-state index contributed by atoms with van der Waals surface area (Å²) < 4.78 is 4.90. The SMILES string of the molecule is CC/C(OC)=C(/C)C(N)=O. The first-order valence-electron chi connectivity index (χ1n) is 3.17. The summed E-state index contributed by atoms with van der Waals surface area (Å²) in [7, 11) is 1.53. The van der Waals surface area contributed by atoms with Crippen LogP contribution in [0.15, 0.2) is 11.3 Å². The number of nitrogens with two attached hydrogens (primary N) is 1. The van der Waals surface area contributed by atoms with E-state index >= 15 is 0 Å². The van der Waals surface area contributed by atoms with Gasteiger partial charge in [-0.05, 0) is 6.92 Å². The van der Waals surface area contributed by atoms with Gasteiger partial charge in [-0.15, -0.1) is 0 Å². The fraction of sp³-hybridized carbons (Fsp3) is 0.571. The molecule has 0 aromatic heterocycles. The van der Waals surface area contributed by atoms with E-state index in [1.54, 1.807) is 6.92 Å². The lowest BCUT2D eigenvalue weighted by molar-refractivity contribution is -0.114. The lowest BCUT2D eigenvalue weighted by Gasteiger charge is -2.04. The Bertz CT molecular complexity index is 155. The summed E-state index contributed by atoms with van der Waals surface area (Å²) in [5.41, 5.74) is 5.52. The Morgan fingerprint density at radius 3 is 2.20 bits per heavy atom. The molecule has 0 aromatic carbocycles. The summed E-state index contributed by atoms with van der Waals surface area (Å²) in [5, 5.41) is 0. The molecule has 0 fully saturated rings. The molecular weight excluding hydrogens is 130 g/mol. The maximum absolute atomic E-state index is 10.5. The van der Waals surface area contributed by atoms with Gasteiger partial charge in [-0.3, -0.25) is 4.79 Å². The first-order chi connectivity index (χ1) is 4.63. The number of allylic oxidation sites excluding steroid dienone is 1. The minimum atomic E-state index is -0.418. The first kappa shape index (κ1) is 9.01. The van der Waals surface area contributed by atoms with Crippen LogP contribution in [-0.4, -0.2) is 13.0 Å². The van der Waals surface area contributed by atoms with Gasteiger partial charge in [-0.2, -0.15) is 0 Å². The van der Waals surface area contributed by atoms with Gasteiger partial charge < -0.3 is 10.5 Å². The molecule has 2 N–H and O–H groups in total. The van der Waals surface area contributed by atoms with E-state index in [4.69, 9.17) is 10.5 Å². The van der Waals surface area contributed by atoms with Gasteiger partial charge in [-0.25, -0.2) is 0 Å². The predicted molar refractivity (Wildman–Crippen MR) is 39.2 cm³/mol. The van der Waals surface area contributed by atoms with Crippen LogP contribution in [-0.2, 0) is 9.53 Å². The lowest BCUT2D eigenvalue weighted by atomic mass is 10.2. The number of methoxy groups -OCH3 is 1. The van der Waals surface area contributed by atoms with Gasteiger partial charge in [0, 0.05) is 6.42 Å². The second-order valence-electron chi connectivity index (χ2n) is 1.97. The predicted octanol–water partition coefficient (Wildman–Crippen LogP) is 0.802. The Hall–Kier alpha value is -0.990. The summed E-state index contributed by atoms with van der Waals surface area (Å²) >= 11 is 0. The molecule has 3 nitrogen and oxygen atoms in total. The van der Waals surface area contributed by atoms with Crippen molar-refractivity contribution in [3.8, 4) is 0 Å². The summed E-state index contributed by atoms with van der Waals surface area (Å²) in [5.74, 6) is 0.242. The number of hydrogen-bond donors (Lipinski definition) is 1. The van der Waals surface area contributed by atoms with Crippen molar-refractivity contribution in [1.29, 1.82) is 0 Å². The molecule has 0 aliphatic rings. The monoisotopic (exact) mass is 143 g/mol. The van der Waals surface area contributed by atoms with Crippen molar-refractivity contribution < 1.29 is 9.53 Å². The molecule has 0 rings (SSSR count). The first-order valence-corrected chi connectivity index (χ1v) is 3.17. The summed E-state index contributed by atoms with van der Waals surface area (Å²) in [4.78, 5) is 10.5. The second kappa shape index (κ2) is 3.93. The summed E-state index contributed by atoms with van der Waals surface area (Å²) in [6.07, 6.45) is 0.700. The molecule has 0 atom stereocenters. The molecule has 0 bridgehead atoms. The maximum Gasteiger partial charge on any atom is 0.247 e. The van der Waals surface area contributed by atoms with Crippen LogP contribution in [0, 0.1) is 0 Å². The van der Waals surface area contributed by atoms with Crippen LogP contribution in [0.5, 0.6) is 0 Å². The van der Waals surface area contributed by atoms with E-state index in [2.05, 4.69) is 0 Å². The molecule has 0 aliphatic heterocycles. The lowest BCUT2D eigenvalue weighted by Crippen LogP contribution is -2.14. The highest BCUT2D eigenvalue weighted by Gasteiger charge is 2.04. The van der Waals surface area contributed by atoms with E-state index in [1.807, 2.05) is 6.92 Å². The van der Waals surface area contributed by atoms with Crippen molar-refractivity contribution in [2.45, 2.75) is 20.3 Å². The highest BCUT2D eigenvalue weighted by molar-refractivity contribution is 5.91. The Morgan fingerprint density at radius 1 is 1.60 bits per heavy atom. The molecule has 3 heteroatoms. The average molecular weight is 143 g/mol.